The van der Waals surface area contributed by atoms with E-state index in [-0.39, 0.29) is 0 Å². The van der Waals surface area contributed by atoms with Crippen molar-refractivity contribution in [2.75, 3.05) is 32.7 Å². The van der Waals surface area contributed by atoms with Crippen molar-refractivity contribution in [2.45, 2.75) is 38.8 Å². The van der Waals surface area contributed by atoms with E-state index in [0.29, 0.717) is 19.1 Å². The lowest BCUT2D eigenvalue weighted by Crippen LogP contribution is -2.41. The second kappa shape index (κ2) is 11.3. The lowest BCUT2D eigenvalue weighted by Gasteiger charge is -2.35. The molecule has 3 N–H and O–H groups in total. The number of likely N-dealkylation sites (tertiary alicyclic amines) is 1. The van der Waals surface area contributed by atoms with Gasteiger partial charge in [-0.3, -0.25) is 14.9 Å². The maximum absolute atomic E-state index is 10.4. The van der Waals surface area contributed by atoms with E-state index in [1.807, 2.05) is 23.5 Å². The van der Waals surface area contributed by atoms with E-state index in [4.69, 9.17) is 4.99 Å². The number of hydrogen-bond donors (Lipinski definition) is 3. The van der Waals surface area contributed by atoms with Crippen LogP contribution < -0.4 is 10.6 Å². The van der Waals surface area contributed by atoms with E-state index < -0.39 is 6.10 Å². The number of nitrogens with zero attached hydrogens (tertiary/aromatic N) is 3. The molecule has 0 radical (unpaired) electrons. The van der Waals surface area contributed by atoms with Crippen LogP contribution >= 0.6 is 11.3 Å². The normalized spacial score (nSPS) is 18.4. The second-order valence-corrected chi connectivity index (χ2v) is 8.63. The summed E-state index contributed by atoms with van der Waals surface area (Å²) in [4.78, 5) is 12.8. The van der Waals surface area contributed by atoms with Crippen molar-refractivity contribution in [3.8, 4) is 0 Å². The molecule has 3 heterocycles. The Hall–Kier alpha value is -1.96. The van der Waals surface area contributed by atoms with Crippen molar-refractivity contribution in [1.82, 2.24) is 20.5 Å². The Morgan fingerprint density at radius 3 is 2.69 bits per heavy atom. The van der Waals surface area contributed by atoms with Crippen LogP contribution in [0.15, 0.2) is 47.0 Å². The topological polar surface area (TPSA) is 72.8 Å². The molecule has 2 atom stereocenters. The van der Waals surface area contributed by atoms with Crippen molar-refractivity contribution in [2.24, 2.45) is 10.9 Å². The second-order valence-electron chi connectivity index (χ2n) is 7.65. The minimum Gasteiger partial charge on any atom is -0.387 e. The van der Waals surface area contributed by atoms with Crippen LogP contribution in [-0.2, 0) is 0 Å². The van der Waals surface area contributed by atoms with Gasteiger partial charge in [0, 0.05) is 30.4 Å². The zero-order chi connectivity index (χ0) is 20.5. The summed E-state index contributed by atoms with van der Waals surface area (Å²) in [6.07, 6.45) is 5.30. The summed E-state index contributed by atoms with van der Waals surface area (Å²) in [5.74, 6) is 1.56. The minimum absolute atomic E-state index is 0.308. The highest BCUT2D eigenvalue weighted by Crippen LogP contribution is 2.29. The third-order valence-corrected chi connectivity index (χ3v) is 6.42. The van der Waals surface area contributed by atoms with Crippen LogP contribution in [0.3, 0.4) is 0 Å². The first-order valence-electron chi connectivity index (χ1n) is 10.5. The average Bonchev–Trinajstić information content (AvgIpc) is 3.28. The average molecular weight is 416 g/mol. The Kier molecular flexibility index (Phi) is 8.46. The number of aliphatic hydroxyl groups excluding tert-OH is 1. The highest BCUT2D eigenvalue weighted by Gasteiger charge is 2.25. The molecule has 3 rings (SSSR count). The summed E-state index contributed by atoms with van der Waals surface area (Å²) in [6, 6.07) is 8.32. The molecule has 1 fully saturated rings. The number of rotatable bonds is 8. The van der Waals surface area contributed by atoms with Crippen LogP contribution in [0.2, 0.25) is 0 Å². The van der Waals surface area contributed by atoms with Gasteiger partial charge < -0.3 is 15.7 Å². The van der Waals surface area contributed by atoms with E-state index in [9.17, 15) is 5.11 Å². The van der Waals surface area contributed by atoms with Crippen LogP contribution in [-0.4, -0.2) is 53.7 Å². The van der Waals surface area contributed by atoms with Gasteiger partial charge in [-0.1, -0.05) is 13.0 Å². The third kappa shape index (κ3) is 6.52. The Morgan fingerprint density at radius 1 is 1.28 bits per heavy atom. The molecule has 0 amide bonds. The first-order valence-corrected chi connectivity index (χ1v) is 11.4. The Bertz CT molecular complexity index is 729. The fraction of sp³-hybridized carbons (Fsp3) is 0.545. The Balaban J connectivity index is 1.64. The summed E-state index contributed by atoms with van der Waals surface area (Å²) in [5, 5.41) is 19.1. The van der Waals surface area contributed by atoms with Crippen LogP contribution in [0.1, 0.15) is 49.3 Å². The van der Waals surface area contributed by atoms with Gasteiger partial charge in [-0.05, 0) is 67.9 Å². The molecule has 0 aromatic carbocycles. The summed E-state index contributed by atoms with van der Waals surface area (Å²) < 4.78 is 0. The van der Waals surface area contributed by atoms with Gasteiger partial charge in [0.2, 0.25) is 0 Å². The fourth-order valence-corrected chi connectivity index (χ4v) is 4.47. The van der Waals surface area contributed by atoms with Gasteiger partial charge in [-0.15, -0.1) is 11.3 Å². The highest BCUT2D eigenvalue weighted by atomic mass is 32.1. The van der Waals surface area contributed by atoms with E-state index in [1.165, 1.54) is 17.7 Å². The number of hydrogen-bond acceptors (Lipinski definition) is 5. The standard InChI is InChI=1S/C22H33N5OS/c1-3-24-22(26-16-20(28)18-6-10-23-11-7-18)25-15-19(21-5-4-14-29-21)27-12-8-17(2)9-13-27/h4-7,10-11,14,17,19-20,28H,3,8-9,12-13,15-16H2,1-2H3,(H2,24,25,26). The molecule has 1 saturated heterocycles. The molecule has 7 heteroatoms. The third-order valence-electron chi connectivity index (χ3n) is 5.45. The molecule has 29 heavy (non-hydrogen) atoms. The van der Waals surface area contributed by atoms with E-state index in [2.05, 4.69) is 51.9 Å². The van der Waals surface area contributed by atoms with Gasteiger partial charge in [0.1, 0.15) is 0 Å². The van der Waals surface area contributed by atoms with Crippen molar-refractivity contribution in [1.29, 1.82) is 0 Å². The maximum Gasteiger partial charge on any atom is 0.191 e. The predicted octanol–water partition coefficient (Wildman–Crippen LogP) is 3.20. The molecule has 0 bridgehead atoms. The molecule has 1 aliphatic rings. The van der Waals surface area contributed by atoms with Gasteiger partial charge in [0.15, 0.2) is 5.96 Å². The van der Waals surface area contributed by atoms with Gasteiger partial charge >= 0.3 is 0 Å². The fourth-order valence-electron chi connectivity index (χ4n) is 3.62. The van der Waals surface area contributed by atoms with Crippen LogP contribution in [0, 0.1) is 5.92 Å². The first-order chi connectivity index (χ1) is 14.2. The molecule has 6 nitrogen and oxygen atoms in total. The summed E-state index contributed by atoms with van der Waals surface area (Å²) in [6.45, 7) is 8.54. The highest BCUT2D eigenvalue weighted by molar-refractivity contribution is 7.10. The molecule has 158 valence electrons. The quantitative estimate of drug-likeness (QED) is 0.456. The van der Waals surface area contributed by atoms with E-state index in [1.54, 1.807) is 12.4 Å². The molecule has 2 aromatic heterocycles. The number of piperidine rings is 1. The lowest BCUT2D eigenvalue weighted by molar-refractivity contribution is 0.143. The van der Waals surface area contributed by atoms with Gasteiger partial charge in [0.05, 0.1) is 18.7 Å². The lowest BCUT2D eigenvalue weighted by atomic mass is 9.97. The largest absolute Gasteiger partial charge is 0.387 e. The number of aromatic nitrogens is 1. The zero-order valence-electron chi connectivity index (χ0n) is 17.4. The Morgan fingerprint density at radius 2 is 2.03 bits per heavy atom. The van der Waals surface area contributed by atoms with E-state index >= 15 is 0 Å². The number of guanidine groups is 1. The van der Waals surface area contributed by atoms with Crippen molar-refractivity contribution >= 4 is 17.3 Å². The van der Waals surface area contributed by atoms with E-state index in [0.717, 1.165) is 37.1 Å². The van der Waals surface area contributed by atoms with Crippen molar-refractivity contribution < 1.29 is 5.11 Å². The molecule has 0 saturated carbocycles. The molecule has 2 unspecified atom stereocenters. The van der Waals surface area contributed by atoms with Gasteiger partial charge in [-0.2, -0.15) is 0 Å². The molecule has 2 aromatic rings. The first kappa shape index (κ1) is 21.7. The number of thiophene rings is 1. The van der Waals surface area contributed by atoms with Gasteiger partial charge in [-0.25, -0.2) is 0 Å². The summed E-state index contributed by atoms with van der Waals surface area (Å²) in [5.41, 5.74) is 0.849. The van der Waals surface area contributed by atoms with Crippen LogP contribution in [0.4, 0.5) is 0 Å². The number of aliphatic hydroxyl groups is 1. The van der Waals surface area contributed by atoms with Crippen LogP contribution in [0.5, 0.6) is 0 Å². The predicted molar refractivity (Wildman–Crippen MR) is 120 cm³/mol. The SMILES string of the molecule is CCNC(=NCC(c1cccs1)N1CCC(C)CC1)NCC(O)c1ccncc1. The number of aliphatic imine (C=N–C) groups is 1. The van der Waals surface area contributed by atoms with Crippen molar-refractivity contribution in [3.05, 3.63) is 52.5 Å². The molecule has 1 aliphatic heterocycles. The number of pyridine rings is 1. The molecular weight excluding hydrogens is 382 g/mol. The maximum atomic E-state index is 10.4. The van der Waals surface area contributed by atoms with Gasteiger partial charge in [0.25, 0.3) is 0 Å². The molecular formula is C22H33N5OS. The Labute approximate surface area is 178 Å². The zero-order valence-corrected chi connectivity index (χ0v) is 18.2. The summed E-state index contributed by atoms with van der Waals surface area (Å²) >= 11 is 1.81. The number of nitrogens with one attached hydrogen (secondary N) is 2. The molecule has 0 aliphatic carbocycles. The van der Waals surface area contributed by atoms with Crippen molar-refractivity contribution in [3.63, 3.8) is 0 Å². The minimum atomic E-state index is -0.599. The summed E-state index contributed by atoms with van der Waals surface area (Å²) in [7, 11) is 0. The van der Waals surface area contributed by atoms with Crippen LogP contribution in [0.25, 0.3) is 0 Å². The smallest absolute Gasteiger partial charge is 0.191 e. The molecule has 0 spiro atoms. The monoisotopic (exact) mass is 415 g/mol.